The Morgan fingerprint density at radius 1 is 1.56 bits per heavy atom. The first-order chi connectivity index (χ1) is 4.04. The SMILES string of the molecule is C=C1N=NC(C)(C)N1C. The van der Waals surface area contributed by atoms with E-state index in [4.69, 9.17) is 0 Å². The number of hydrogen-bond donors (Lipinski definition) is 0. The van der Waals surface area contributed by atoms with Crippen LogP contribution < -0.4 is 0 Å². The molecule has 0 amide bonds. The second kappa shape index (κ2) is 1.56. The molecule has 0 N–H and O–H groups in total. The Balaban J connectivity index is 2.86. The lowest BCUT2D eigenvalue weighted by Crippen LogP contribution is -2.33. The van der Waals surface area contributed by atoms with Crippen molar-refractivity contribution in [2.45, 2.75) is 19.5 Å². The fraction of sp³-hybridized carbons (Fsp3) is 0.667. The van der Waals surface area contributed by atoms with Crippen LogP contribution in [-0.2, 0) is 0 Å². The topological polar surface area (TPSA) is 28.0 Å². The summed E-state index contributed by atoms with van der Waals surface area (Å²) in [6, 6.07) is 0. The largest absolute Gasteiger partial charge is 0.333 e. The molecule has 0 aromatic carbocycles. The summed E-state index contributed by atoms with van der Waals surface area (Å²) in [5, 5.41) is 7.81. The van der Waals surface area contributed by atoms with Gasteiger partial charge >= 0.3 is 0 Å². The highest BCUT2D eigenvalue weighted by Gasteiger charge is 2.28. The smallest absolute Gasteiger partial charge is 0.148 e. The van der Waals surface area contributed by atoms with Gasteiger partial charge in [0.15, 0.2) is 0 Å². The maximum absolute atomic E-state index is 3.98. The lowest BCUT2D eigenvalue weighted by Gasteiger charge is -2.24. The lowest BCUT2D eigenvalue weighted by molar-refractivity contribution is 0.245. The number of azo groups is 1. The fourth-order valence-electron chi connectivity index (χ4n) is 0.630. The van der Waals surface area contributed by atoms with E-state index in [9.17, 15) is 0 Å². The molecule has 9 heavy (non-hydrogen) atoms. The van der Waals surface area contributed by atoms with Gasteiger partial charge < -0.3 is 4.90 Å². The third-order valence-electron chi connectivity index (χ3n) is 1.62. The Hall–Kier alpha value is -0.860. The van der Waals surface area contributed by atoms with Crippen LogP contribution in [0.3, 0.4) is 0 Å². The molecule has 3 nitrogen and oxygen atoms in total. The number of rotatable bonds is 0. The second-order valence-corrected chi connectivity index (χ2v) is 2.67. The van der Waals surface area contributed by atoms with E-state index in [0.717, 1.165) is 5.82 Å². The van der Waals surface area contributed by atoms with E-state index >= 15 is 0 Å². The molecule has 0 aromatic heterocycles. The summed E-state index contributed by atoms with van der Waals surface area (Å²) in [6.45, 7) is 7.69. The molecule has 0 aliphatic carbocycles. The predicted octanol–water partition coefficient (Wildman–Crippen LogP) is 1.59. The average Bonchev–Trinajstić information content (AvgIpc) is 1.97. The maximum atomic E-state index is 3.98. The minimum absolute atomic E-state index is 0.183. The molecular weight excluding hydrogens is 114 g/mol. The van der Waals surface area contributed by atoms with E-state index in [0.29, 0.717) is 0 Å². The van der Waals surface area contributed by atoms with Crippen LogP contribution in [0.25, 0.3) is 0 Å². The Kier molecular flexibility index (Phi) is 1.08. The Morgan fingerprint density at radius 2 is 2.11 bits per heavy atom. The number of hydrogen-bond acceptors (Lipinski definition) is 3. The van der Waals surface area contributed by atoms with Crippen LogP contribution in [0.15, 0.2) is 22.6 Å². The van der Waals surface area contributed by atoms with Gasteiger partial charge in [-0.1, -0.05) is 6.58 Å². The minimum Gasteiger partial charge on any atom is -0.333 e. The summed E-state index contributed by atoms with van der Waals surface area (Å²) in [7, 11) is 1.93. The van der Waals surface area contributed by atoms with Gasteiger partial charge in [-0.2, -0.15) is 5.11 Å². The fourth-order valence-corrected chi connectivity index (χ4v) is 0.630. The molecule has 1 aliphatic rings. The molecule has 0 atom stereocenters. The van der Waals surface area contributed by atoms with Gasteiger partial charge in [0, 0.05) is 7.05 Å². The zero-order valence-electron chi connectivity index (χ0n) is 6.05. The highest BCUT2D eigenvalue weighted by Crippen LogP contribution is 2.26. The maximum Gasteiger partial charge on any atom is 0.148 e. The molecule has 0 spiro atoms. The van der Waals surface area contributed by atoms with Crippen LogP contribution in [0.2, 0.25) is 0 Å². The van der Waals surface area contributed by atoms with Crippen molar-refractivity contribution in [3.8, 4) is 0 Å². The van der Waals surface area contributed by atoms with E-state index < -0.39 is 0 Å². The molecular formula is C6H11N3. The van der Waals surface area contributed by atoms with E-state index in [1.165, 1.54) is 0 Å². The van der Waals surface area contributed by atoms with Gasteiger partial charge in [-0.25, -0.2) is 0 Å². The predicted molar refractivity (Wildman–Crippen MR) is 35.8 cm³/mol. The molecule has 50 valence electrons. The molecule has 1 aliphatic heterocycles. The summed E-state index contributed by atoms with van der Waals surface area (Å²) < 4.78 is 0. The van der Waals surface area contributed by atoms with Crippen LogP contribution in [0.1, 0.15) is 13.8 Å². The van der Waals surface area contributed by atoms with E-state index in [1.54, 1.807) is 0 Å². The van der Waals surface area contributed by atoms with E-state index in [2.05, 4.69) is 16.8 Å². The minimum atomic E-state index is -0.183. The first-order valence-corrected chi connectivity index (χ1v) is 2.90. The molecule has 0 bridgehead atoms. The van der Waals surface area contributed by atoms with Gasteiger partial charge in [-0.05, 0) is 13.8 Å². The zero-order chi connectivity index (χ0) is 7.07. The standard InChI is InChI=1S/C6H11N3/c1-5-7-8-6(2,3)9(5)4/h1H2,2-4H3. The van der Waals surface area contributed by atoms with Crippen molar-refractivity contribution in [3.05, 3.63) is 12.4 Å². The Bertz CT molecular complexity index is 169. The highest BCUT2D eigenvalue weighted by atomic mass is 15.5. The van der Waals surface area contributed by atoms with Crippen molar-refractivity contribution in [1.29, 1.82) is 0 Å². The molecule has 0 unspecified atom stereocenters. The molecule has 0 saturated heterocycles. The molecule has 0 fully saturated rings. The summed E-state index contributed by atoms with van der Waals surface area (Å²) >= 11 is 0. The summed E-state index contributed by atoms with van der Waals surface area (Å²) in [4.78, 5) is 1.94. The second-order valence-electron chi connectivity index (χ2n) is 2.67. The average molecular weight is 125 g/mol. The summed E-state index contributed by atoms with van der Waals surface area (Å²) in [6.07, 6.45) is 0. The van der Waals surface area contributed by atoms with Gasteiger partial charge in [-0.3, -0.25) is 0 Å². The van der Waals surface area contributed by atoms with Gasteiger partial charge in [0.2, 0.25) is 0 Å². The van der Waals surface area contributed by atoms with Gasteiger partial charge in [0.05, 0.1) is 0 Å². The first kappa shape index (κ1) is 6.26. The highest BCUT2D eigenvalue weighted by molar-refractivity contribution is 5.00. The van der Waals surface area contributed by atoms with Crippen molar-refractivity contribution in [2.75, 3.05) is 7.05 Å². The van der Waals surface area contributed by atoms with E-state index in [-0.39, 0.29) is 5.66 Å². The molecule has 0 aromatic rings. The van der Waals surface area contributed by atoms with Crippen LogP contribution in [-0.4, -0.2) is 17.6 Å². The third-order valence-corrected chi connectivity index (χ3v) is 1.62. The Morgan fingerprint density at radius 3 is 2.22 bits per heavy atom. The molecule has 0 radical (unpaired) electrons. The van der Waals surface area contributed by atoms with Gasteiger partial charge in [0.25, 0.3) is 0 Å². The van der Waals surface area contributed by atoms with Crippen molar-refractivity contribution in [3.63, 3.8) is 0 Å². The van der Waals surface area contributed by atoms with Crippen LogP contribution in [0.5, 0.6) is 0 Å². The van der Waals surface area contributed by atoms with Crippen LogP contribution in [0, 0.1) is 0 Å². The molecule has 0 saturated carbocycles. The normalized spacial score (nSPS) is 23.4. The van der Waals surface area contributed by atoms with Crippen LogP contribution >= 0.6 is 0 Å². The zero-order valence-corrected chi connectivity index (χ0v) is 6.05. The van der Waals surface area contributed by atoms with Crippen molar-refractivity contribution in [1.82, 2.24) is 4.90 Å². The molecule has 1 rings (SSSR count). The Labute approximate surface area is 55.1 Å². The molecule has 3 heteroatoms. The first-order valence-electron chi connectivity index (χ1n) is 2.90. The van der Waals surface area contributed by atoms with Crippen molar-refractivity contribution >= 4 is 0 Å². The number of nitrogens with zero attached hydrogens (tertiary/aromatic N) is 3. The van der Waals surface area contributed by atoms with E-state index in [1.807, 2.05) is 25.8 Å². The summed E-state index contributed by atoms with van der Waals surface area (Å²) in [5.74, 6) is 0.736. The van der Waals surface area contributed by atoms with Gasteiger partial charge in [-0.15, -0.1) is 5.11 Å². The lowest BCUT2D eigenvalue weighted by atomic mass is 10.2. The van der Waals surface area contributed by atoms with Gasteiger partial charge in [0.1, 0.15) is 11.5 Å². The third kappa shape index (κ3) is 0.823. The monoisotopic (exact) mass is 125 g/mol. The van der Waals surface area contributed by atoms with Crippen LogP contribution in [0.4, 0.5) is 0 Å². The summed E-state index contributed by atoms with van der Waals surface area (Å²) in [5.41, 5.74) is -0.183. The van der Waals surface area contributed by atoms with Crippen molar-refractivity contribution < 1.29 is 0 Å². The van der Waals surface area contributed by atoms with Crippen molar-refractivity contribution in [2.24, 2.45) is 10.2 Å². The quantitative estimate of drug-likeness (QED) is 0.483. The molecule has 1 heterocycles.